The van der Waals surface area contributed by atoms with Gasteiger partial charge in [0, 0.05) is 17.0 Å². The van der Waals surface area contributed by atoms with Crippen LogP contribution in [0.2, 0.25) is 5.02 Å². The maximum atomic E-state index is 14.6. The maximum Gasteiger partial charge on any atom is 0.279 e. The van der Waals surface area contributed by atoms with Crippen molar-refractivity contribution in [3.63, 3.8) is 0 Å². The summed E-state index contributed by atoms with van der Waals surface area (Å²) >= 11 is 5.90. The number of hydrogen-bond donors (Lipinski definition) is 0. The van der Waals surface area contributed by atoms with Crippen molar-refractivity contribution in [2.24, 2.45) is 5.10 Å². The minimum atomic E-state index is -4.03. The van der Waals surface area contributed by atoms with E-state index in [1.165, 1.54) is 30.3 Å². The number of rotatable bonds is 5. The lowest BCUT2D eigenvalue weighted by molar-refractivity contribution is 0.362. The van der Waals surface area contributed by atoms with Crippen molar-refractivity contribution in [2.45, 2.75) is 17.4 Å². The molecule has 0 radical (unpaired) electrons. The fourth-order valence-corrected chi connectivity index (χ4v) is 4.91. The maximum absolute atomic E-state index is 14.6. The summed E-state index contributed by atoms with van der Waals surface area (Å²) in [6.07, 6.45) is 0.236. The molecule has 154 valence electrons. The van der Waals surface area contributed by atoms with Crippen LogP contribution in [0.4, 0.5) is 4.39 Å². The number of ether oxygens (including phenoxy) is 1. The molecule has 1 aliphatic heterocycles. The second-order valence-corrected chi connectivity index (χ2v) is 8.98. The lowest BCUT2D eigenvalue weighted by Crippen LogP contribution is -2.27. The van der Waals surface area contributed by atoms with Crippen molar-refractivity contribution in [1.29, 1.82) is 0 Å². The van der Waals surface area contributed by atoms with Gasteiger partial charge in [-0.25, -0.2) is 4.39 Å². The van der Waals surface area contributed by atoms with E-state index in [4.69, 9.17) is 16.3 Å². The Bertz CT molecular complexity index is 1200. The van der Waals surface area contributed by atoms with Gasteiger partial charge >= 0.3 is 0 Å². The van der Waals surface area contributed by atoms with Crippen molar-refractivity contribution < 1.29 is 17.5 Å². The molecule has 0 amide bonds. The van der Waals surface area contributed by atoms with Crippen LogP contribution < -0.4 is 4.74 Å². The van der Waals surface area contributed by atoms with E-state index < -0.39 is 21.9 Å². The van der Waals surface area contributed by atoms with Gasteiger partial charge in [-0.2, -0.15) is 17.9 Å². The Morgan fingerprint density at radius 1 is 1.03 bits per heavy atom. The summed E-state index contributed by atoms with van der Waals surface area (Å²) in [7, 11) is -2.46. The van der Waals surface area contributed by atoms with Crippen LogP contribution in [0.5, 0.6) is 5.75 Å². The first kappa shape index (κ1) is 20.4. The van der Waals surface area contributed by atoms with Crippen LogP contribution >= 0.6 is 11.6 Å². The largest absolute Gasteiger partial charge is 0.497 e. The van der Waals surface area contributed by atoms with Crippen LogP contribution in [-0.2, 0) is 10.0 Å². The molecule has 1 unspecified atom stereocenters. The highest BCUT2D eigenvalue weighted by molar-refractivity contribution is 7.89. The molecule has 0 saturated heterocycles. The number of halogens is 2. The number of hydrazone groups is 1. The van der Waals surface area contributed by atoms with E-state index in [-0.39, 0.29) is 16.9 Å². The zero-order valence-electron chi connectivity index (χ0n) is 16.0. The van der Waals surface area contributed by atoms with Gasteiger partial charge in [-0.1, -0.05) is 29.8 Å². The van der Waals surface area contributed by atoms with Gasteiger partial charge in [0.1, 0.15) is 11.6 Å². The zero-order valence-corrected chi connectivity index (χ0v) is 17.6. The summed E-state index contributed by atoms with van der Waals surface area (Å²) in [5.41, 5.74) is 1.55. The second-order valence-electron chi connectivity index (χ2n) is 6.75. The lowest BCUT2D eigenvalue weighted by Gasteiger charge is -2.23. The van der Waals surface area contributed by atoms with Crippen LogP contribution in [0, 0.1) is 5.82 Å². The molecular formula is C22H18ClFN2O3S. The van der Waals surface area contributed by atoms with E-state index in [1.54, 1.807) is 49.6 Å². The average Bonchev–Trinajstić information content (AvgIpc) is 3.20. The number of sulfonamides is 1. The Balaban J connectivity index is 1.80. The smallest absolute Gasteiger partial charge is 0.279 e. The third-order valence-electron chi connectivity index (χ3n) is 4.92. The molecule has 1 aliphatic rings. The molecule has 0 saturated carbocycles. The minimum Gasteiger partial charge on any atom is -0.497 e. The first-order chi connectivity index (χ1) is 14.4. The first-order valence-electron chi connectivity index (χ1n) is 9.16. The predicted molar refractivity (Wildman–Crippen MR) is 114 cm³/mol. The summed E-state index contributed by atoms with van der Waals surface area (Å²) in [4.78, 5) is 0.0352. The van der Waals surface area contributed by atoms with Gasteiger partial charge in [0.15, 0.2) is 0 Å². The first-order valence-corrected chi connectivity index (χ1v) is 11.0. The Hall–Kier alpha value is -2.90. The van der Waals surface area contributed by atoms with Gasteiger partial charge in [0.05, 0.1) is 23.8 Å². The Morgan fingerprint density at radius 3 is 2.33 bits per heavy atom. The fourth-order valence-electron chi connectivity index (χ4n) is 3.36. The molecule has 3 aromatic rings. The number of nitrogens with zero attached hydrogens (tertiary/aromatic N) is 2. The zero-order chi connectivity index (χ0) is 21.3. The molecular weight excluding hydrogens is 427 g/mol. The van der Waals surface area contributed by atoms with Crippen LogP contribution in [0.25, 0.3) is 0 Å². The van der Waals surface area contributed by atoms with Crippen molar-refractivity contribution >= 4 is 27.3 Å². The second kappa shape index (κ2) is 8.08. The molecule has 5 nitrogen and oxygen atoms in total. The summed E-state index contributed by atoms with van der Waals surface area (Å²) in [5, 5.41) is 4.82. The van der Waals surface area contributed by atoms with Crippen molar-refractivity contribution in [2.75, 3.05) is 7.11 Å². The highest BCUT2D eigenvalue weighted by Crippen LogP contribution is 2.38. The van der Waals surface area contributed by atoms with Gasteiger partial charge in [0.2, 0.25) is 0 Å². The Morgan fingerprint density at radius 2 is 1.70 bits per heavy atom. The monoisotopic (exact) mass is 444 g/mol. The molecule has 1 heterocycles. The molecule has 0 aliphatic carbocycles. The van der Waals surface area contributed by atoms with Crippen molar-refractivity contribution in [1.82, 2.24) is 4.41 Å². The van der Waals surface area contributed by atoms with Crippen LogP contribution in [0.15, 0.2) is 82.8 Å². The normalized spacial score (nSPS) is 16.4. The third kappa shape index (κ3) is 3.78. The topological polar surface area (TPSA) is 59.0 Å². The molecule has 30 heavy (non-hydrogen) atoms. The standard InChI is InChI=1S/C22H18ClFN2O3S/c1-29-17-10-6-15(7-11-17)21-14-22(19-4-2-3-5-20(19)24)26(25-21)30(27,28)18-12-8-16(23)9-13-18/h2-13,22H,14H2,1H3. The molecule has 0 fully saturated rings. The van der Waals surface area contributed by atoms with E-state index in [9.17, 15) is 12.8 Å². The average molecular weight is 445 g/mol. The predicted octanol–water partition coefficient (Wildman–Crippen LogP) is 5.03. The van der Waals surface area contributed by atoms with E-state index in [2.05, 4.69) is 5.10 Å². The van der Waals surface area contributed by atoms with Crippen LogP contribution in [-0.4, -0.2) is 25.7 Å². The summed E-state index contributed by atoms with van der Waals surface area (Å²) < 4.78 is 47.5. The molecule has 0 aromatic heterocycles. The van der Waals surface area contributed by atoms with Crippen molar-refractivity contribution in [3.8, 4) is 5.75 Å². The Kier molecular flexibility index (Phi) is 5.49. The van der Waals surface area contributed by atoms with Gasteiger partial charge in [-0.05, 0) is 60.2 Å². The van der Waals surface area contributed by atoms with Crippen LogP contribution in [0.1, 0.15) is 23.6 Å². The van der Waals surface area contributed by atoms with E-state index >= 15 is 0 Å². The summed E-state index contributed by atoms with van der Waals surface area (Å²) in [5.74, 6) is 0.193. The quantitative estimate of drug-likeness (QED) is 0.554. The van der Waals surface area contributed by atoms with Crippen LogP contribution in [0.3, 0.4) is 0 Å². The van der Waals surface area contributed by atoms with E-state index in [1.807, 2.05) is 0 Å². The Labute approximate surface area is 179 Å². The van der Waals surface area contributed by atoms with Gasteiger partial charge < -0.3 is 4.74 Å². The van der Waals surface area contributed by atoms with Gasteiger partial charge in [-0.3, -0.25) is 0 Å². The lowest BCUT2D eigenvalue weighted by atomic mass is 9.99. The molecule has 4 rings (SSSR count). The third-order valence-corrected chi connectivity index (χ3v) is 6.87. The molecule has 0 bridgehead atoms. The van der Waals surface area contributed by atoms with E-state index in [0.29, 0.717) is 16.5 Å². The molecule has 8 heteroatoms. The highest BCUT2D eigenvalue weighted by atomic mass is 35.5. The minimum absolute atomic E-state index is 0.0352. The molecule has 1 atom stereocenters. The van der Waals surface area contributed by atoms with E-state index in [0.717, 1.165) is 9.98 Å². The number of hydrogen-bond acceptors (Lipinski definition) is 4. The molecule has 3 aromatic carbocycles. The summed E-state index contributed by atoms with van der Waals surface area (Å²) in [6, 6.07) is 18.3. The molecule has 0 spiro atoms. The SMILES string of the molecule is COc1ccc(C2=NN(S(=O)(=O)c3ccc(Cl)cc3)C(c3ccccc3F)C2)cc1. The molecule has 0 N–H and O–H groups in total. The fraction of sp³-hybridized carbons (Fsp3) is 0.136. The van der Waals surface area contributed by atoms with Crippen molar-refractivity contribution in [3.05, 3.63) is 94.8 Å². The number of benzene rings is 3. The summed E-state index contributed by atoms with van der Waals surface area (Å²) in [6.45, 7) is 0. The highest BCUT2D eigenvalue weighted by Gasteiger charge is 2.38. The van der Waals surface area contributed by atoms with Gasteiger partial charge in [-0.15, -0.1) is 0 Å². The van der Waals surface area contributed by atoms with Gasteiger partial charge in [0.25, 0.3) is 10.0 Å². The number of methoxy groups -OCH3 is 1.